The summed E-state index contributed by atoms with van der Waals surface area (Å²) in [7, 11) is 0. The van der Waals surface area contributed by atoms with Crippen LogP contribution in [0.1, 0.15) is 27.8 Å². The Bertz CT molecular complexity index is 3520. The van der Waals surface area contributed by atoms with E-state index in [2.05, 4.69) is 236 Å². The third-order valence-corrected chi connectivity index (χ3v) is 13.8. The van der Waals surface area contributed by atoms with Crippen molar-refractivity contribution in [3.8, 4) is 73.1 Å². The fraction of sp³-hybridized carbons (Fsp3) is 0.0625. The van der Waals surface area contributed by atoms with Crippen molar-refractivity contribution in [2.75, 3.05) is 0 Å². The standard InChI is InChI=1S/C64H46N4/c1-40-7-15-44(16-8-40)48-23-27-54-55-28-24-49(45-17-9-41(2)10-18-45)33-60(55)67(59(54)32-48)63-36-53(52-6-5-31-66-39-52)37-64(58(63)38-65)68-61-34-50(46-19-11-42(3)12-20-46)25-29-56(61)57-30-26-51(35-62(57)68)47-21-13-43(4)14-22-47/h5-37,39H,1-4H3. The molecule has 0 bridgehead atoms. The SMILES string of the molecule is Cc1ccc(-c2ccc3c4ccc(-c5ccc(C)cc5)cc4n(-c4cc(-c5cccnc5)cc(-n5c6cc(-c7ccc(C)cc7)ccc6c6ccc(-c7ccc(C)cc7)cc65)c4C#N)c3c2)cc1. The molecule has 0 unspecified atom stereocenters. The van der Waals surface area contributed by atoms with Gasteiger partial charge in [0.2, 0.25) is 0 Å². The number of benzene rings is 9. The lowest BCUT2D eigenvalue weighted by Gasteiger charge is -2.19. The van der Waals surface area contributed by atoms with Gasteiger partial charge in [-0.15, -0.1) is 0 Å². The Hall–Kier alpha value is -8.78. The summed E-state index contributed by atoms with van der Waals surface area (Å²) in [6, 6.07) is 73.3. The van der Waals surface area contributed by atoms with Gasteiger partial charge in [-0.05, 0) is 120 Å². The van der Waals surface area contributed by atoms with Gasteiger partial charge in [0, 0.05) is 39.5 Å². The zero-order chi connectivity index (χ0) is 46.0. The zero-order valence-electron chi connectivity index (χ0n) is 38.4. The van der Waals surface area contributed by atoms with Crippen LogP contribution < -0.4 is 0 Å². The molecule has 12 aromatic rings. The summed E-state index contributed by atoms with van der Waals surface area (Å²) in [5.74, 6) is 0. The van der Waals surface area contributed by atoms with Gasteiger partial charge in [0.15, 0.2) is 0 Å². The van der Waals surface area contributed by atoms with Crippen molar-refractivity contribution >= 4 is 43.6 Å². The molecule has 0 N–H and O–H groups in total. The summed E-state index contributed by atoms with van der Waals surface area (Å²) in [4.78, 5) is 4.61. The quantitative estimate of drug-likeness (QED) is 0.160. The zero-order valence-corrected chi connectivity index (χ0v) is 38.4. The average Bonchev–Trinajstić information content (AvgIpc) is 3.88. The van der Waals surface area contributed by atoms with Crippen molar-refractivity contribution in [3.05, 3.63) is 234 Å². The van der Waals surface area contributed by atoms with Crippen LogP contribution in [0.5, 0.6) is 0 Å². The van der Waals surface area contributed by atoms with Crippen LogP contribution in [0.3, 0.4) is 0 Å². The monoisotopic (exact) mass is 870 g/mol. The number of nitriles is 1. The topological polar surface area (TPSA) is 46.5 Å². The van der Waals surface area contributed by atoms with Gasteiger partial charge in [0.25, 0.3) is 0 Å². The van der Waals surface area contributed by atoms with Crippen LogP contribution in [0.2, 0.25) is 0 Å². The van der Waals surface area contributed by atoms with E-state index in [-0.39, 0.29) is 0 Å². The molecule has 3 heterocycles. The maximum Gasteiger partial charge on any atom is 0.104 e. The molecule has 0 atom stereocenters. The van der Waals surface area contributed by atoms with Crippen molar-refractivity contribution in [3.63, 3.8) is 0 Å². The predicted molar refractivity (Wildman–Crippen MR) is 284 cm³/mol. The highest BCUT2D eigenvalue weighted by Gasteiger charge is 2.24. The van der Waals surface area contributed by atoms with Gasteiger partial charge >= 0.3 is 0 Å². The predicted octanol–water partition coefficient (Wildman–Crippen LogP) is 16.7. The lowest BCUT2D eigenvalue weighted by Crippen LogP contribution is -2.05. The van der Waals surface area contributed by atoms with Gasteiger partial charge in [-0.2, -0.15) is 5.26 Å². The normalized spacial score (nSPS) is 11.5. The summed E-state index contributed by atoms with van der Waals surface area (Å²) >= 11 is 0. The molecule has 4 heteroatoms. The number of pyridine rings is 1. The van der Waals surface area contributed by atoms with E-state index in [9.17, 15) is 5.26 Å². The molecule has 0 amide bonds. The molecule has 12 rings (SSSR count). The second-order valence-corrected chi connectivity index (χ2v) is 18.3. The molecule has 68 heavy (non-hydrogen) atoms. The van der Waals surface area contributed by atoms with Crippen LogP contribution >= 0.6 is 0 Å². The molecule has 3 aromatic heterocycles. The number of hydrogen-bond acceptors (Lipinski definition) is 2. The van der Waals surface area contributed by atoms with Crippen LogP contribution in [0.25, 0.3) is 111 Å². The molecule has 0 fully saturated rings. The van der Waals surface area contributed by atoms with E-state index in [0.29, 0.717) is 5.56 Å². The van der Waals surface area contributed by atoms with Crippen LogP contribution in [-0.4, -0.2) is 14.1 Å². The lowest BCUT2D eigenvalue weighted by atomic mass is 10.00. The molecular weight excluding hydrogens is 825 g/mol. The molecule has 0 aliphatic rings. The van der Waals surface area contributed by atoms with E-state index in [4.69, 9.17) is 0 Å². The van der Waals surface area contributed by atoms with Crippen molar-refractivity contribution in [1.82, 2.24) is 14.1 Å². The third-order valence-electron chi connectivity index (χ3n) is 13.8. The molecule has 4 nitrogen and oxygen atoms in total. The van der Waals surface area contributed by atoms with E-state index in [1.54, 1.807) is 0 Å². The maximum atomic E-state index is 11.9. The Labute approximate surface area is 396 Å². The summed E-state index contributed by atoms with van der Waals surface area (Å²) in [6.07, 6.45) is 3.73. The second kappa shape index (κ2) is 16.3. The van der Waals surface area contributed by atoms with Crippen molar-refractivity contribution in [1.29, 1.82) is 5.26 Å². The Morgan fingerprint density at radius 1 is 0.338 bits per heavy atom. The maximum absolute atomic E-state index is 11.9. The number of aromatic nitrogens is 3. The molecule has 0 aliphatic carbocycles. The van der Waals surface area contributed by atoms with Gasteiger partial charge in [-0.1, -0.05) is 174 Å². The Morgan fingerprint density at radius 2 is 0.647 bits per heavy atom. The van der Waals surface area contributed by atoms with E-state index < -0.39 is 0 Å². The summed E-state index contributed by atoms with van der Waals surface area (Å²) in [5.41, 5.74) is 22.0. The first-order valence-corrected chi connectivity index (χ1v) is 23.2. The molecule has 0 aliphatic heterocycles. The number of nitrogens with zero attached hydrogens (tertiary/aromatic N) is 4. The molecule has 322 valence electrons. The lowest BCUT2D eigenvalue weighted by molar-refractivity contribution is 1.12. The van der Waals surface area contributed by atoms with Crippen molar-refractivity contribution < 1.29 is 0 Å². The fourth-order valence-corrected chi connectivity index (χ4v) is 10.0. The highest BCUT2D eigenvalue weighted by atomic mass is 15.0. The first-order valence-electron chi connectivity index (χ1n) is 23.2. The van der Waals surface area contributed by atoms with Crippen LogP contribution in [0.15, 0.2) is 207 Å². The van der Waals surface area contributed by atoms with E-state index in [0.717, 1.165) is 111 Å². The van der Waals surface area contributed by atoms with Gasteiger partial charge in [-0.25, -0.2) is 0 Å². The largest absolute Gasteiger partial charge is 0.308 e. The summed E-state index contributed by atoms with van der Waals surface area (Å²) in [5, 5.41) is 16.4. The van der Waals surface area contributed by atoms with E-state index in [1.807, 2.05) is 18.5 Å². The first kappa shape index (κ1) is 40.7. The molecule has 0 radical (unpaired) electrons. The molecule has 0 saturated carbocycles. The Balaban J connectivity index is 1.21. The van der Waals surface area contributed by atoms with Crippen LogP contribution in [0.4, 0.5) is 0 Å². The number of rotatable bonds is 7. The van der Waals surface area contributed by atoms with Crippen LogP contribution in [0, 0.1) is 39.0 Å². The minimum absolute atomic E-state index is 0.568. The smallest absolute Gasteiger partial charge is 0.104 e. The molecular formula is C64H46N4. The Morgan fingerprint density at radius 3 is 0.926 bits per heavy atom. The fourth-order valence-electron chi connectivity index (χ4n) is 10.0. The van der Waals surface area contributed by atoms with Gasteiger partial charge in [0.05, 0.1) is 33.4 Å². The van der Waals surface area contributed by atoms with Gasteiger partial charge in [-0.3, -0.25) is 4.98 Å². The van der Waals surface area contributed by atoms with Crippen molar-refractivity contribution in [2.45, 2.75) is 27.7 Å². The Kier molecular flexibility index (Phi) is 9.74. The summed E-state index contributed by atoms with van der Waals surface area (Å²) < 4.78 is 4.68. The average molecular weight is 871 g/mol. The molecule has 0 spiro atoms. The highest BCUT2D eigenvalue weighted by Crippen LogP contribution is 2.43. The van der Waals surface area contributed by atoms with Gasteiger partial charge in [0.1, 0.15) is 11.6 Å². The second-order valence-electron chi connectivity index (χ2n) is 18.3. The third kappa shape index (κ3) is 6.96. The minimum atomic E-state index is 0.568. The van der Waals surface area contributed by atoms with Crippen LogP contribution in [-0.2, 0) is 0 Å². The number of fused-ring (bicyclic) bond motifs is 6. The van der Waals surface area contributed by atoms with E-state index >= 15 is 0 Å². The highest BCUT2D eigenvalue weighted by molar-refractivity contribution is 6.13. The molecule has 9 aromatic carbocycles. The molecule has 0 saturated heterocycles. The first-order chi connectivity index (χ1) is 33.3. The number of aryl methyl sites for hydroxylation is 4. The van der Waals surface area contributed by atoms with Gasteiger partial charge < -0.3 is 9.13 Å². The minimum Gasteiger partial charge on any atom is -0.308 e. The number of hydrogen-bond donors (Lipinski definition) is 0. The summed E-state index contributed by atoms with van der Waals surface area (Å²) in [6.45, 7) is 8.49. The van der Waals surface area contributed by atoms with Crippen molar-refractivity contribution in [2.24, 2.45) is 0 Å². The van der Waals surface area contributed by atoms with E-state index in [1.165, 1.54) is 22.3 Å².